The molecule has 18 nitrogen and oxygen atoms in total. The summed E-state index contributed by atoms with van der Waals surface area (Å²) in [7, 11) is 0. The van der Waals surface area contributed by atoms with Crippen molar-refractivity contribution in [2.24, 2.45) is 0 Å². The van der Waals surface area contributed by atoms with Gasteiger partial charge in [0.1, 0.15) is 36.2 Å². The van der Waals surface area contributed by atoms with Crippen molar-refractivity contribution in [3.8, 4) is 0 Å². The number of H-pyrrole nitrogens is 1. The summed E-state index contributed by atoms with van der Waals surface area (Å²) in [5.41, 5.74) is 10.8. The number of aromatic amines is 1. The van der Waals surface area contributed by atoms with Crippen LogP contribution in [0.25, 0.3) is 22.3 Å². The molecule has 2 aliphatic heterocycles. The van der Waals surface area contributed by atoms with Gasteiger partial charge < -0.3 is 35.8 Å². The molecule has 2 fully saturated rings. The maximum Gasteiger partial charge on any atom is 0.325 e. The Morgan fingerprint density at radius 3 is 2.76 bits per heavy atom. The normalized spacial score (nSPS) is 31.3. The van der Waals surface area contributed by atoms with Gasteiger partial charge in [-0.2, -0.15) is 9.67 Å². The van der Waals surface area contributed by atoms with Crippen LogP contribution in [0.4, 0.5) is 20.5 Å². The van der Waals surface area contributed by atoms with Gasteiger partial charge in [-0.05, 0) is 11.8 Å². The molecule has 0 aromatic carbocycles. The molecule has 9 atom stereocenters. The maximum atomic E-state index is 15.4. The second-order valence-corrected chi connectivity index (χ2v) is 13.4. The van der Waals surface area contributed by atoms with Crippen molar-refractivity contribution in [1.82, 2.24) is 44.5 Å². The molecular weight excluding hydrogens is 627 g/mol. The number of fused-ring (bicyclic) bond motifs is 2. The van der Waals surface area contributed by atoms with Crippen LogP contribution in [0.2, 0.25) is 0 Å². The van der Waals surface area contributed by atoms with Gasteiger partial charge >= 0.3 is 6.72 Å². The van der Waals surface area contributed by atoms with Gasteiger partial charge in [0, 0.05) is 0 Å². The Morgan fingerprint density at radius 1 is 1.21 bits per heavy atom. The summed E-state index contributed by atoms with van der Waals surface area (Å²) in [5, 5.41) is 25.8. The van der Waals surface area contributed by atoms with Crippen molar-refractivity contribution in [3.05, 3.63) is 23.0 Å². The number of hydrogen-bond donors (Lipinski definition) is 6. The lowest BCUT2D eigenvalue weighted by Gasteiger charge is -2.27. The fraction of sp³-hybridized carbons (Fsp3) is 0.526. The van der Waals surface area contributed by atoms with Gasteiger partial charge in [-0.25, -0.2) is 23.7 Å². The number of alkyl halides is 2. The molecule has 0 radical (unpaired) electrons. The van der Waals surface area contributed by atoms with Gasteiger partial charge in [0.15, 0.2) is 40.5 Å². The Kier molecular flexibility index (Phi) is 7.60. The van der Waals surface area contributed by atoms with Crippen LogP contribution in [0.5, 0.6) is 0 Å². The molecule has 6 heterocycles. The number of hydrogen-bond acceptors (Lipinski definition) is 16. The third kappa shape index (κ3) is 5.01. The smallest absolute Gasteiger partial charge is 0.325 e. The molecule has 1 unspecified atom stereocenters. The summed E-state index contributed by atoms with van der Waals surface area (Å²) < 4.78 is 49.2. The van der Waals surface area contributed by atoms with Crippen molar-refractivity contribution in [3.63, 3.8) is 0 Å². The zero-order valence-corrected chi connectivity index (χ0v) is 23.4. The van der Waals surface area contributed by atoms with Crippen molar-refractivity contribution in [1.29, 1.82) is 0 Å². The molecule has 4 aromatic heterocycles. The van der Waals surface area contributed by atoms with E-state index in [4.69, 9.17) is 37.1 Å². The van der Waals surface area contributed by atoms with Crippen molar-refractivity contribution >= 4 is 64.4 Å². The predicted octanol–water partition coefficient (Wildman–Crippen LogP) is -1.32. The van der Waals surface area contributed by atoms with E-state index in [0.717, 1.165) is 22.8 Å². The zero-order valence-electron chi connectivity index (χ0n) is 20.9. The van der Waals surface area contributed by atoms with Crippen LogP contribution in [0.15, 0.2) is 17.4 Å². The van der Waals surface area contributed by atoms with E-state index in [9.17, 15) is 19.9 Å². The van der Waals surface area contributed by atoms with Gasteiger partial charge in [0.05, 0.1) is 24.8 Å². The monoisotopic (exact) mass is 649 g/mol. The first-order chi connectivity index (χ1) is 20.0. The first-order valence-electron chi connectivity index (χ1n) is 12.1. The van der Waals surface area contributed by atoms with E-state index < -0.39 is 73.0 Å². The summed E-state index contributed by atoms with van der Waals surface area (Å²) in [6, 6.07) is 0. The lowest BCUT2D eigenvalue weighted by atomic mass is 10.1. The molecule has 2 aliphatic rings. The lowest BCUT2D eigenvalue weighted by molar-refractivity contribution is -0.0511. The topological polar surface area (TPSA) is 260 Å². The highest BCUT2D eigenvalue weighted by Crippen LogP contribution is 2.54. The molecule has 2 saturated heterocycles. The van der Waals surface area contributed by atoms with E-state index in [1.54, 1.807) is 0 Å². The van der Waals surface area contributed by atoms with E-state index in [1.807, 2.05) is 0 Å². The third-order valence-corrected chi connectivity index (χ3v) is 9.74. The number of nitrogens with zero attached hydrogens (tertiary/aromatic N) is 8. The number of anilines is 2. The molecule has 0 bridgehead atoms. The minimum atomic E-state index is -4.29. The average molecular weight is 650 g/mol. The number of imidazole rings is 1. The van der Waals surface area contributed by atoms with Gasteiger partial charge in [-0.3, -0.25) is 18.9 Å². The number of aliphatic hydroxyl groups is 2. The largest absolute Gasteiger partial charge is 0.395 e. The molecule has 0 saturated carbocycles. The number of nitrogens with two attached hydrogens (primary N) is 2. The van der Waals surface area contributed by atoms with Crippen LogP contribution in [0.3, 0.4) is 0 Å². The summed E-state index contributed by atoms with van der Waals surface area (Å²) in [4.78, 5) is 41.2. The molecule has 226 valence electrons. The molecule has 0 spiro atoms. The number of thioether (sulfide) groups is 1. The molecule has 0 amide bonds. The van der Waals surface area contributed by atoms with Crippen LogP contribution in [-0.4, -0.2) is 109 Å². The Morgan fingerprint density at radius 2 is 2.00 bits per heavy atom. The highest BCUT2D eigenvalue weighted by molar-refractivity contribution is 8.07. The molecule has 8 N–H and O–H groups in total. The molecule has 4 aromatic rings. The lowest BCUT2D eigenvalue weighted by Crippen LogP contribution is -2.33. The molecule has 42 heavy (non-hydrogen) atoms. The number of aliphatic hydroxyl groups excluding tert-OH is 2. The first kappa shape index (κ1) is 29.1. The quantitative estimate of drug-likeness (QED) is 0.121. The summed E-state index contributed by atoms with van der Waals surface area (Å²) >= 11 is 6.03. The van der Waals surface area contributed by atoms with Crippen molar-refractivity contribution in [2.75, 3.05) is 24.7 Å². The van der Waals surface area contributed by atoms with Gasteiger partial charge in [0.25, 0.3) is 5.56 Å². The number of ether oxygens (including phenoxy) is 1. The number of rotatable bonds is 8. The van der Waals surface area contributed by atoms with E-state index in [0.29, 0.717) is 0 Å². The van der Waals surface area contributed by atoms with Crippen LogP contribution in [0.1, 0.15) is 11.6 Å². The number of nitrogens with one attached hydrogen (secondary N) is 1. The average Bonchev–Trinajstić information content (AvgIpc) is 3.69. The first-order valence-corrected chi connectivity index (χ1v) is 15.6. The second-order valence-electron chi connectivity index (χ2n) is 9.27. The highest BCUT2D eigenvalue weighted by atomic mass is 32.5. The molecule has 0 aliphatic carbocycles. The van der Waals surface area contributed by atoms with Crippen LogP contribution >= 0.6 is 18.5 Å². The zero-order chi connectivity index (χ0) is 29.9. The van der Waals surface area contributed by atoms with Gasteiger partial charge in [-0.15, -0.1) is 16.9 Å². The van der Waals surface area contributed by atoms with Crippen molar-refractivity contribution in [2.45, 2.75) is 47.5 Å². The van der Waals surface area contributed by atoms with Gasteiger partial charge in [-0.1, -0.05) is 5.21 Å². The van der Waals surface area contributed by atoms with E-state index in [-0.39, 0.29) is 34.1 Å². The molecule has 23 heteroatoms. The predicted molar refractivity (Wildman–Crippen MR) is 145 cm³/mol. The number of halogens is 2. The fourth-order valence-electron chi connectivity index (χ4n) is 4.65. The molecule has 6 rings (SSSR count). The third-order valence-electron chi connectivity index (χ3n) is 6.65. The SMILES string of the molecule is Nc1nc2c(ncn2[C@@H]2S[C@H](CO)[C@H](F)[C@H]2OP(O)(=S)OC[C@H]2O[C@@H](n3nnc4c(N)ncnc43)[C@@H](F)[C@@H]2O)c(=O)[nH]1. The minimum Gasteiger partial charge on any atom is -0.395 e. The fourth-order valence-corrected chi connectivity index (χ4v) is 7.54. The van der Waals surface area contributed by atoms with Crippen LogP contribution < -0.4 is 17.0 Å². The highest BCUT2D eigenvalue weighted by Gasteiger charge is 2.50. The summed E-state index contributed by atoms with van der Waals surface area (Å²) in [5.74, 6) is -0.207. The van der Waals surface area contributed by atoms with Crippen molar-refractivity contribution < 1.29 is 37.7 Å². The summed E-state index contributed by atoms with van der Waals surface area (Å²) in [6.45, 7) is -5.53. The Hall–Kier alpha value is -2.95. The Bertz CT molecular complexity index is 1750. The minimum absolute atomic E-state index is 0.00549. The Labute approximate surface area is 241 Å². The maximum absolute atomic E-state index is 15.4. The standard InChI is InChI=1S/C19H22F2N11O7PS2/c20-7-6(1-33)42-18(31-4-26-10-15(31)27-19(23)28-16(10)35)12(7)39-40(36,41)37-2-5-11(34)8(21)17(38-5)32-14-9(29-30-32)13(22)24-3-25-14/h3-8,11-12,17-18,33-34H,1-2H2,(H,36,41)(H2,22,24,25)(H3,23,27,28,35)/t5-,6-,7+,8+,11-,12-,17-,18-,40?/m1/s1. The van der Waals surface area contributed by atoms with Crippen LogP contribution in [-0.2, 0) is 25.6 Å². The van der Waals surface area contributed by atoms with E-state index >= 15 is 8.78 Å². The van der Waals surface area contributed by atoms with E-state index in [2.05, 4.69) is 35.2 Å². The molecular formula is C19H22F2N11O7PS2. The second kappa shape index (κ2) is 11.0. The Balaban J connectivity index is 1.19. The number of nitrogen functional groups attached to an aromatic ring is 2. The van der Waals surface area contributed by atoms with Crippen LogP contribution in [0, 0.1) is 0 Å². The number of aromatic nitrogens is 9. The van der Waals surface area contributed by atoms with Gasteiger partial charge in [0.2, 0.25) is 5.95 Å². The summed E-state index contributed by atoms with van der Waals surface area (Å²) in [6.07, 6.45) is -7.65. The van der Waals surface area contributed by atoms with E-state index in [1.165, 1.54) is 10.9 Å².